The van der Waals surface area contributed by atoms with Gasteiger partial charge in [0.05, 0.1) is 19.5 Å². The Morgan fingerprint density at radius 2 is 1.06 bits per heavy atom. The largest absolute Gasteiger partial charge is 0.494 e. The van der Waals surface area contributed by atoms with Crippen LogP contribution in [0.2, 0.25) is 6.82 Å². The molecule has 0 N–H and O–H groups in total. The molecule has 0 aliphatic rings. The summed E-state index contributed by atoms with van der Waals surface area (Å²) in [7, 11) is -2.51. The van der Waals surface area contributed by atoms with Crippen molar-refractivity contribution < 1.29 is 9.47 Å². The Morgan fingerprint density at radius 1 is 0.596 bits per heavy atom. The van der Waals surface area contributed by atoms with Crippen molar-refractivity contribution >= 4 is 41.3 Å². The van der Waals surface area contributed by atoms with Crippen LogP contribution in [0.25, 0.3) is 0 Å². The van der Waals surface area contributed by atoms with Gasteiger partial charge in [-0.1, -0.05) is 147 Å². The van der Waals surface area contributed by atoms with Crippen molar-refractivity contribution in [3.63, 3.8) is 0 Å². The van der Waals surface area contributed by atoms with Gasteiger partial charge in [-0.2, -0.15) is 0 Å². The van der Waals surface area contributed by atoms with Crippen LogP contribution in [0.15, 0.2) is 158 Å². The molecule has 0 radical (unpaired) electrons. The molecule has 0 aliphatic carbocycles. The summed E-state index contributed by atoms with van der Waals surface area (Å²) in [6, 6.07) is 49.4. The minimum atomic E-state index is -2.51. The highest BCUT2D eigenvalue weighted by molar-refractivity contribution is 7.10. The second kappa shape index (κ2) is 17.2. The lowest BCUT2D eigenvalue weighted by atomic mass is 9.43. The third-order valence-corrected chi connectivity index (χ3v) is 13.2. The topological polar surface area (TPSA) is 36.3 Å². The molecule has 0 spiro atoms. The van der Waals surface area contributed by atoms with Gasteiger partial charge in [0.25, 0.3) is 0 Å². The molecule has 6 aromatic rings. The number of ether oxygens (including phenoxy) is 2. The van der Waals surface area contributed by atoms with Gasteiger partial charge < -0.3 is 14.0 Å². The molecule has 47 heavy (non-hydrogen) atoms. The molecule has 0 atom stereocenters. The first kappa shape index (κ1) is 33.6. The van der Waals surface area contributed by atoms with Gasteiger partial charge in [0.1, 0.15) is 11.5 Å². The molecule has 0 bridgehead atoms. The van der Waals surface area contributed by atoms with Gasteiger partial charge in [0, 0.05) is 18.6 Å². The van der Waals surface area contributed by atoms with Crippen molar-refractivity contribution in [3.8, 4) is 11.5 Å². The van der Waals surface area contributed by atoms with E-state index in [0.717, 1.165) is 30.5 Å². The average molecular weight is 637 g/mol. The van der Waals surface area contributed by atoms with Crippen LogP contribution in [-0.2, 0) is 6.17 Å². The number of hydrogen-bond acceptors (Lipinski definition) is 3. The number of imidazole rings is 1. The highest BCUT2D eigenvalue weighted by Gasteiger charge is 2.40. The van der Waals surface area contributed by atoms with Crippen LogP contribution >= 0.6 is 0 Å². The summed E-state index contributed by atoms with van der Waals surface area (Å²) in [5.74, 6) is 1.84. The molecule has 1 aromatic heterocycles. The highest BCUT2D eigenvalue weighted by atomic mass is 28.3. The maximum absolute atomic E-state index is 6.05. The van der Waals surface area contributed by atoms with Gasteiger partial charge in [-0.05, 0) is 52.7 Å². The lowest BCUT2D eigenvalue weighted by Gasteiger charge is -2.34. The smallest absolute Gasteiger partial charge is 0.206 e. The fourth-order valence-corrected chi connectivity index (χ4v) is 10.6. The van der Waals surface area contributed by atoms with Gasteiger partial charge >= 0.3 is 0 Å². The van der Waals surface area contributed by atoms with E-state index in [2.05, 4.69) is 176 Å². The molecule has 0 aliphatic heterocycles. The first-order chi connectivity index (χ1) is 23.1. The standard InChI is InChI=1S/C28H32N2O2Si.C13H13B/c1-3-18-31-24-10-8-14-27(20-24)33(23-30-17-16-29-22-30,26-12-6-5-7-13-26)28-15-9-11-25(21-28)32-19-4-2;1-14(12-8-4-2-5-9-12)13-10-6-3-7-11-13/h5-17,20-22H,3-4,18-19,23H2,1-2H3;2-11H,1H3. The minimum Gasteiger partial charge on any atom is -0.494 e. The number of rotatable bonds is 13. The maximum atomic E-state index is 6.05. The Morgan fingerprint density at radius 3 is 1.51 bits per heavy atom. The number of hydrogen-bond donors (Lipinski definition) is 0. The Balaban J connectivity index is 0.000000257. The molecule has 0 unspecified atom stereocenters. The van der Waals surface area contributed by atoms with Gasteiger partial charge in [-0.15, -0.1) is 0 Å². The monoisotopic (exact) mass is 636 g/mol. The second-order valence-electron chi connectivity index (χ2n) is 11.8. The van der Waals surface area contributed by atoms with Crippen molar-refractivity contribution in [3.05, 3.63) is 158 Å². The normalized spacial score (nSPS) is 10.9. The summed E-state index contributed by atoms with van der Waals surface area (Å²) in [6.45, 7) is 8.42. The Labute approximate surface area is 282 Å². The summed E-state index contributed by atoms with van der Waals surface area (Å²) in [5.41, 5.74) is 2.75. The van der Waals surface area contributed by atoms with E-state index in [1.54, 1.807) is 0 Å². The van der Waals surface area contributed by atoms with Crippen LogP contribution in [0.5, 0.6) is 11.5 Å². The van der Waals surface area contributed by atoms with E-state index in [9.17, 15) is 0 Å². The fraction of sp³-hybridized carbons (Fsp3) is 0.195. The number of benzene rings is 5. The molecule has 0 amide bonds. The molecule has 6 heteroatoms. The van der Waals surface area contributed by atoms with Crippen molar-refractivity contribution in [2.75, 3.05) is 13.2 Å². The first-order valence-corrected chi connectivity index (χ1v) is 18.9. The summed E-state index contributed by atoms with van der Waals surface area (Å²) in [4.78, 5) is 4.34. The average Bonchev–Trinajstić information content (AvgIpc) is 3.66. The van der Waals surface area contributed by atoms with Gasteiger partial charge in [-0.3, -0.25) is 0 Å². The molecule has 4 nitrogen and oxygen atoms in total. The van der Waals surface area contributed by atoms with E-state index in [1.165, 1.54) is 26.5 Å². The van der Waals surface area contributed by atoms with E-state index < -0.39 is 8.07 Å². The summed E-state index contributed by atoms with van der Waals surface area (Å²) in [5, 5.41) is 3.96. The molecule has 6 rings (SSSR count). The summed E-state index contributed by atoms with van der Waals surface area (Å²) in [6.07, 6.45) is 8.63. The Bertz CT molecular complexity index is 1660. The third-order valence-electron chi connectivity index (χ3n) is 8.44. The van der Waals surface area contributed by atoms with E-state index in [0.29, 0.717) is 19.9 Å². The molecular formula is C41H45BN2O2Si. The van der Waals surface area contributed by atoms with Gasteiger partial charge in [0.2, 0.25) is 6.71 Å². The maximum Gasteiger partial charge on any atom is 0.206 e. The Kier molecular flexibility index (Phi) is 12.3. The molecule has 0 fully saturated rings. The molecule has 0 saturated carbocycles. The van der Waals surface area contributed by atoms with Crippen LogP contribution in [0.3, 0.4) is 0 Å². The van der Waals surface area contributed by atoms with Crippen molar-refractivity contribution in [1.29, 1.82) is 0 Å². The van der Waals surface area contributed by atoms with Crippen LogP contribution in [0, 0.1) is 0 Å². The zero-order valence-corrected chi connectivity index (χ0v) is 28.8. The van der Waals surface area contributed by atoms with Crippen molar-refractivity contribution in [2.45, 2.75) is 39.7 Å². The van der Waals surface area contributed by atoms with Gasteiger partial charge in [0.15, 0.2) is 8.07 Å². The van der Waals surface area contributed by atoms with Crippen molar-refractivity contribution in [1.82, 2.24) is 9.55 Å². The zero-order chi connectivity index (χ0) is 32.7. The predicted molar refractivity (Wildman–Crippen MR) is 202 cm³/mol. The van der Waals surface area contributed by atoms with E-state index >= 15 is 0 Å². The highest BCUT2D eigenvalue weighted by Crippen LogP contribution is 2.18. The summed E-state index contributed by atoms with van der Waals surface area (Å²) >= 11 is 0. The first-order valence-electron chi connectivity index (χ1n) is 16.7. The van der Waals surface area contributed by atoms with E-state index in [1.807, 2.05) is 12.5 Å². The lowest BCUT2D eigenvalue weighted by molar-refractivity contribution is 0.317. The third kappa shape index (κ3) is 8.72. The lowest BCUT2D eigenvalue weighted by Crippen LogP contribution is -2.69. The minimum absolute atomic E-state index is 0.484. The van der Waals surface area contributed by atoms with Crippen LogP contribution in [0.1, 0.15) is 26.7 Å². The molecule has 1 heterocycles. The molecule has 238 valence electrons. The zero-order valence-electron chi connectivity index (χ0n) is 27.8. The van der Waals surface area contributed by atoms with Gasteiger partial charge in [-0.25, -0.2) is 4.98 Å². The van der Waals surface area contributed by atoms with E-state index in [-0.39, 0.29) is 0 Å². The van der Waals surface area contributed by atoms with Crippen LogP contribution in [-0.4, -0.2) is 37.6 Å². The summed E-state index contributed by atoms with van der Waals surface area (Å²) < 4.78 is 14.3. The fourth-order valence-electron chi connectivity index (χ4n) is 5.97. The number of aromatic nitrogens is 2. The quantitative estimate of drug-likeness (QED) is 0.114. The predicted octanol–water partition coefficient (Wildman–Crippen LogP) is 6.10. The number of nitrogens with zero attached hydrogens (tertiary/aromatic N) is 2. The molecular weight excluding hydrogens is 591 g/mol. The molecule has 0 saturated heterocycles. The van der Waals surface area contributed by atoms with Crippen molar-refractivity contribution in [2.24, 2.45) is 0 Å². The van der Waals surface area contributed by atoms with Crippen LogP contribution in [0.4, 0.5) is 0 Å². The molecule has 5 aromatic carbocycles. The second-order valence-corrected chi connectivity index (χ2v) is 15.7. The van der Waals surface area contributed by atoms with Crippen LogP contribution < -0.4 is 36.0 Å². The SMILES string of the molecule is CB(c1ccccc1)c1ccccc1.CCCOc1cccc([Si](Cn2ccnc2)(c2ccccc2)c2cccc(OCCC)c2)c1. The Hall–Kier alpha value is -4.81. The van der Waals surface area contributed by atoms with E-state index in [4.69, 9.17) is 9.47 Å².